The van der Waals surface area contributed by atoms with Crippen LogP contribution in [0.1, 0.15) is 5.01 Å². The van der Waals surface area contributed by atoms with E-state index >= 15 is 0 Å². The fourth-order valence-electron chi connectivity index (χ4n) is 4.60. The molecule has 7 nitrogen and oxygen atoms in total. The summed E-state index contributed by atoms with van der Waals surface area (Å²) >= 11 is 1.66. The molecule has 36 heavy (non-hydrogen) atoms. The van der Waals surface area contributed by atoms with E-state index in [0.29, 0.717) is 19.6 Å². The number of fused-ring (bicyclic) bond motifs is 1. The number of hydrogen-bond acceptors (Lipinski definition) is 7. The van der Waals surface area contributed by atoms with E-state index in [-0.39, 0.29) is 6.61 Å². The minimum Gasteiger partial charge on any atom is -0.491 e. The molecule has 186 valence electrons. The maximum atomic E-state index is 12.2. The molecule has 0 aliphatic carbocycles. The van der Waals surface area contributed by atoms with Gasteiger partial charge in [-0.2, -0.15) is 0 Å². The molecule has 0 saturated carbocycles. The fraction of sp³-hybridized carbons (Fsp3) is 0.286. The lowest BCUT2D eigenvalue weighted by Gasteiger charge is -2.40. The molecule has 2 heterocycles. The molecule has 1 aliphatic heterocycles. The Morgan fingerprint density at radius 3 is 2.58 bits per heavy atom. The maximum absolute atomic E-state index is 12.2. The van der Waals surface area contributed by atoms with Crippen molar-refractivity contribution in [1.82, 2.24) is 14.9 Å². The predicted molar refractivity (Wildman–Crippen MR) is 144 cm³/mol. The van der Waals surface area contributed by atoms with Crippen LogP contribution < -0.4 is 9.75 Å². The van der Waals surface area contributed by atoms with Gasteiger partial charge in [-0.25, -0.2) is 15.0 Å². The molecule has 0 spiro atoms. The molecule has 1 fully saturated rings. The minimum atomic E-state index is -0.606. The molecule has 1 amide bonds. The van der Waals surface area contributed by atoms with Crippen LogP contribution in [0.4, 0.5) is 5.69 Å². The first-order chi connectivity index (χ1) is 17.6. The smallest absolute Gasteiger partial charge is 0.228 e. The number of carbonyl (C=O) groups is 1. The van der Waals surface area contributed by atoms with Gasteiger partial charge in [0.2, 0.25) is 6.41 Å². The van der Waals surface area contributed by atoms with Crippen molar-refractivity contribution >= 4 is 33.7 Å². The molecule has 1 aliphatic rings. The van der Waals surface area contributed by atoms with Gasteiger partial charge >= 0.3 is 0 Å². The van der Waals surface area contributed by atoms with E-state index in [1.54, 1.807) is 16.3 Å². The number of anilines is 1. The maximum Gasteiger partial charge on any atom is 0.228 e. The van der Waals surface area contributed by atoms with Crippen LogP contribution in [0.2, 0.25) is 0 Å². The summed E-state index contributed by atoms with van der Waals surface area (Å²) in [5, 5.41) is 15.4. The van der Waals surface area contributed by atoms with Crippen molar-refractivity contribution < 1.29 is 14.6 Å². The van der Waals surface area contributed by atoms with Gasteiger partial charge in [0.1, 0.15) is 18.5 Å². The first-order valence-corrected chi connectivity index (χ1v) is 13.0. The van der Waals surface area contributed by atoms with Crippen molar-refractivity contribution in [3.05, 3.63) is 77.8 Å². The summed E-state index contributed by atoms with van der Waals surface area (Å²) in [4.78, 5) is 18.9. The quantitative estimate of drug-likeness (QED) is 0.346. The third-order valence-corrected chi connectivity index (χ3v) is 7.32. The van der Waals surface area contributed by atoms with Crippen LogP contribution in [0.15, 0.2) is 72.8 Å². The standard InChI is InChI=1S/C28H30N4O3S/c1-21-29-26-17-24(11-12-28(26)36-21)35-19-23(34)18-30-13-15-31(16-14-30)32(20-33)27-10-6-5-9-25(27)22-7-3-2-4-8-22/h2-12,17,20,23,34H,13-16,18-19H2,1H3/t23-/m1/s1. The summed E-state index contributed by atoms with van der Waals surface area (Å²) in [7, 11) is 0. The lowest BCUT2D eigenvalue weighted by atomic mass is 10.0. The number of rotatable bonds is 9. The lowest BCUT2D eigenvalue weighted by molar-refractivity contribution is -0.110. The topological polar surface area (TPSA) is 69.1 Å². The van der Waals surface area contributed by atoms with Gasteiger partial charge < -0.3 is 9.84 Å². The summed E-state index contributed by atoms with van der Waals surface area (Å²) in [5.41, 5.74) is 3.89. The second-order valence-corrected chi connectivity index (χ2v) is 10.1. The van der Waals surface area contributed by atoms with E-state index in [0.717, 1.165) is 57.3 Å². The van der Waals surface area contributed by atoms with Crippen LogP contribution in [0.5, 0.6) is 5.75 Å². The molecular formula is C28H30N4O3S. The molecule has 1 saturated heterocycles. The third kappa shape index (κ3) is 5.57. The molecule has 1 atom stereocenters. The number of aromatic nitrogens is 1. The lowest BCUT2D eigenvalue weighted by Crippen LogP contribution is -2.55. The first-order valence-electron chi connectivity index (χ1n) is 12.1. The van der Waals surface area contributed by atoms with Gasteiger partial charge in [-0.05, 0) is 30.7 Å². The molecule has 0 bridgehead atoms. The summed E-state index contributed by atoms with van der Waals surface area (Å²) in [6.07, 6.45) is 0.284. The number of amides is 1. The number of β-amino-alcohol motifs (C(OH)–C–C–N with tert-alkyl or cyclic N) is 1. The molecular weight excluding hydrogens is 472 g/mol. The van der Waals surface area contributed by atoms with Crippen LogP contribution in [-0.2, 0) is 4.79 Å². The number of piperazine rings is 1. The fourth-order valence-corrected chi connectivity index (χ4v) is 5.41. The number of nitrogens with zero attached hydrogens (tertiary/aromatic N) is 4. The molecule has 1 N–H and O–H groups in total. The molecule has 1 aromatic heterocycles. The van der Waals surface area contributed by atoms with E-state index in [1.165, 1.54) is 0 Å². The minimum absolute atomic E-state index is 0.222. The van der Waals surface area contributed by atoms with Crippen LogP contribution >= 0.6 is 11.3 Å². The number of benzene rings is 3. The van der Waals surface area contributed by atoms with E-state index in [9.17, 15) is 9.90 Å². The van der Waals surface area contributed by atoms with E-state index < -0.39 is 6.10 Å². The van der Waals surface area contributed by atoms with Crippen LogP contribution in [0.25, 0.3) is 21.3 Å². The molecule has 8 heteroatoms. The highest BCUT2D eigenvalue weighted by Crippen LogP contribution is 2.31. The number of aryl methyl sites for hydroxylation is 1. The van der Waals surface area contributed by atoms with Crippen LogP contribution in [0.3, 0.4) is 0 Å². The monoisotopic (exact) mass is 502 g/mol. The number of aliphatic hydroxyl groups excluding tert-OH is 1. The first kappa shape index (κ1) is 24.4. The molecule has 0 radical (unpaired) electrons. The van der Waals surface area contributed by atoms with Gasteiger partial charge in [-0.3, -0.25) is 9.69 Å². The predicted octanol–water partition coefficient (Wildman–Crippen LogP) is 4.21. The number of carbonyl (C=O) groups excluding carboxylic acids is 1. The normalized spacial score (nSPS) is 15.6. The summed E-state index contributed by atoms with van der Waals surface area (Å²) in [6, 6.07) is 23.9. The second-order valence-electron chi connectivity index (χ2n) is 8.91. The highest BCUT2D eigenvalue weighted by Gasteiger charge is 2.25. The van der Waals surface area contributed by atoms with Gasteiger partial charge in [0.15, 0.2) is 0 Å². The van der Waals surface area contributed by atoms with E-state index in [4.69, 9.17) is 4.74 Å². The van der Waals surface area contributed by atoms with Gasteiger partial charge in [0.25, 0.3) is 0 Å². The van der Waals surface area contributed by atoms with Gasteiger partial charge in [0.05, 0.1) is 20.9 Å². The van der Waals surface area contributed by atoms with E-state index in [1.807, 2.05) is 67.6 Å². The van der Waals surface area contributed by atoms with E-state index in [2.05, 4.69) is 27.0 Å². The average Bonchev–Trinajstić information content (AvgIpc) is 3.29. The number of hydrazine groups is 1. The number of ether oxygens (including phenoxy) is 1. The Labute approximate surface area is 215 Å². The number of aliphatic hydroxyl groups is 1. The van der Waals surface area contributed by atoms with Crippen molar-refractivity contribution in [3.63, 3.8) is 0 Å². The molecule has 3 aromatic carbocycles. The zero-order valence-corrected chi connectivity index (χ0v) is 21.1. The molecule has 4 aromatic rings. The molecule has 0 unspecified atom stereocenters. The third-order valence-electron chi connectivity index (χ3n) is 6.37. The van der Waals surface area contributed by atoms with Gasteiger partial charge in [-0.1, -0.05) is 48.5 Å². The number of para-hydroxylation sites is 1. The Balaban J connectivity index is 1.15. The number of thiazole rings is 1. The largest absolute Gasteiger partial charge is 0.491 e. The zero-order valence-electron chi connectivity index (χ0n) is 20.3. The Hall–Kier alpha value is -3.30. The van der Waals surface area contributed by atoms with Gasteiger partial charge in [-0.15, -0.1) is 11.3 Å². The van der Waals surface area contributed by atoms with Crippen molar-refractivity contribution in [2.24, 2.45) is 0 Å². The highest BCUT2D eigenvalue weighted by atomic mass is 32.1. The van der Waals surface area contributed by atoms with Crippen LogP contribution in [-0.4, -0.2) is 71.8 Å². The number of hydrogen-bond donors (Lipinski definition) is 1. The van der Waals surface area contributed by atoms with Crippen LogP contribution in [0, 0.1) is 6.92 Å². The summed E-state index contributed by atoms with van der Waals surface area (Å²) in [6.45, 7) is 5.61. The Morgan fingerprint density at radius 1 is 1.06 bits per heavy atom. The Kier molecular flexibility index (Phi) is 7.58. The highest BCUT2D eigenvalue weighted by molar-refractivity contribution is 7.18. The Bertz CT molecular complexity index is 1300. The van der Waals surface area contributed by atoms with Crippen molar-refractivity contribution in [3.8, 4) is 16.9 Å². The summed E-state index contributed by atoms with van der Waals surface area (Å²) in [5.74, 6) is 0.718. The molecule has 5 rings (SSSR count). The Morgan fingerprint density at radius 2 is 1.81 bits per heavy atom. The van der Waals surface area contributed by atoms with Crippen molar-refractivity contribution in [2.75, 3.05) is 44.3 Å². The van der Waals surface area contributed by atoms with Crippen molar-refractivity contribution in [2.45, 2.75) is 13.0 Å². The zero-order chi connectivity index (χ0) is 24.9. The van der Waals surface area contributed by atoms with Crippen molar-refractivity contribution in [1.29, 1.82) is 0 Å². The average molecular weight is 503 g/mol. The summed E-state index contributed by atoms with van der Waals surface area (Å²) < 4.78 is 6.97. The second kappa shape index (κ2) is 11.2. The SMILES string of the molecule is Cc1nc2cc(OC[C@H](O)CN3CCN(N(C=O)c4ccccc4-c4ccccc4)CC3)ccc2s1. The van der Waals surface area contributed by atoms with Gasteiger partial charge in [0, 0.05) is 44.4 Å².